The average molecular weight is 240 g/mol. The zero-order valence-electron chi connectivity index (χ0n) is 11.6. The molecule has 1 aliphatic carbocycles. The first kappa shape index (κ1) is 14.5. The molecule has 1 rings (SSSR count). The van der Waals surface area contributed by atoms with Gasteiger partial charge in [-0.25, -0.2) is 0 Å². The smallest absolute Gasteiger partial charge is 0.240 e. The molecule has 1 amide bonds. The molecular weight excluding hydrogens is 212 g/mol. The number of rotatable bonds is 8. The Balaban J connectivity index is 2.20. The van der Waals surface area contributed by atoms with Gasteiger partial charge in [-0.2, -0.15) is 0 Å². The molecule has 17 heavy (non-hydrogen) atoms. The summed E-state index contributed by atoms with van der Waals surface area (Å²) >= 11 is 0. The third kappa shape index (κ3) is 4.66. The molecule has 0 heterocycles. The van der Waals surface area contributed by atoms with Gasteiger partial charge in [0.25, 0.3) is 0 Å². The Morgan fingerprint density at radius 3 is 2.59 bits per heavy atom. The standard InChI is InChI=1S/C14H28N2O/c1-4-5-6-7-8-11(2)16-13(17)14(3,15)12-9-10-12/h11-12H,4-10,15H2,1-3H3,(H,16,17). The summed E-state index contributed by atoms with van der Waals surface area (Å²) in [6.07, 6.45) is 8.27. The minimum absolute atomic E-state index is 0.0305. The van der Waals surface area contributed by atoms with Crippen molar-refractivity contribution in [1.29, 1.82) is 0 Å². The SMILES string of the molecule is CCCCCCC(C)NC(=O)C(C)(N)C1CC1. The Morgan fingerprint density at radius 2 is 2.06 bits per heavy atom. The Morgan fingerprint density at radius 1 is 1.41 bits per heavy atom. The van der Waals surface area contributed by atoms with Crippen LogP contribution < -0.4 is 11.1 Å². The van der Waals surface area contributed by atoms with Crippen LogP contribution in [0.5, 0.6) is 0 Å². The van der Waals surface area contributed by atoms with Crippen LogP contribution in [0.25, 0.3) is 0 Å². The Hall–Kier alpha value is -0.570. The van der Waals surface area contributed by atoms with E-state index in [9.17, 15) is 4.79 Å². The van der Waals surface area contributed by atoms with Crippen LogP contribution in [0, 0.1) is 5.92 Å². The van der Waals surface area contributed by atoms with Crippen LogP contribution in [0.2, 0.25) is 0 Å². The fraction of sp³-hybridized carbons (Fsp3) is 0.929. The predicted molar refractivity (Wildman–Crippen MR) is 71.7 cm³/mol. The zero-order valence-corrected chi connectivity index (χ0v) is 11.6. The van der Waals surface area contributed by atoms with E-state index >= 15 is 0 Å². The fourth-order valence-corrected chi connectivity index (χ4v) is 2.20. The van der Waals surface area contributed by atoms with Crippen molar-refractivity contribution >= 4 is 5.91 Å². The van der Waals surface area contributed by atoms with E-state index in [1.807, 2.05) is 6.92 Å². The lowest BCUT2D eigenvalue weighted by Crippen LogP contribution is -2.55. The second-order valence-electron chi connectivity index (χ2n) is 5.78. The van der Waals surface area contributed by atoms with Crippen molar-refractivity contribution in [3.63, 3.8) is 0 Å². The van der Waals surface area contributed by atoms with Crippen molar-refractivity contribution in [2.45, 2.75) is 77.3 Å². The number of nitrogens with two attached hydrogens (primary N) is 1. The molecule has 1 aliphatic rings. The topological polar surface area (TPSA) is 55.1 Å². The summed E-state index contributed by atoms with van der Waals surface area (Å²) in [5, 5.41) is 3.05. The lowest BCUT2D eigenvalue weighted by molar-refractivity contribution is -0.127. The van der Waals surface area contributed by atoms with E-state index in [4.69, 9.17) is 5.73 Å². The van der Waals surface area contributed by atoms with Crippen LogP contribution >= 0.6 is 0 Å². The molecule has 0 spiro atoms. The van der Waals surface area contributed by atoms with Gasteiger partial charge in [0.1, 0.15) is 0 Å². The molecular formula is C14H28N2O. The summed E-state index contributed by atoms with van der Waals surface area (Å²) in [7, 11) is 0. The molecule has 1 saturated carbocycles. The summed E-state index contributed by atoms with van der Waals surface area (Å²) in [5.74, 6) is 0.429. The van der Waals surface area contributed by atoms with Crippen LogP contribution in [0.1, 0.15) is 65.7 Å². The molecule has 0 aromatic carbocycles. The molecule has 0 aliphatic heterocycles. The van der Waals surface area contributed by atoms with Gasteiger partial charge in [0, 0.05) is 6.04 Å². The summed E-state index contributed by atoms with van der Waals surface area (Å²) in [6, 6.07) is 0.251. The first-order valence-corrected chi connectivity index (χ1v) is 7.08. The molecule has 0 saturated heterocycles. The normalized spacial score (nSPS) is 20.7. The van der Waals surface area contributed by atoms with Gasteiger partial charge in [-0.15, -0.1) is 0 Å². The van der Waals surface area contributed by atoms with Gasteiger partial charge in [0.05, 0.1) is 5.54 Å². The molecule has 3 N–H and O–H groups in total. The first-order chi connectivity index (χ1) is 7.98. The van der Waals surface area contributed by atoms with Crippen LogP contribution in [-0.2, 0) is 4.79 Å². The molecule has 2 atom stereocenters. The summed E-state index contributed by atoms with van der Waals surface area (Å²) in [5.41, 5.74) is 5.42. The predicted octanol–water partition coefficient (Wildman–Crippen LogP) is 2.59. The first-order valence-electron chi connectivity index (χ1n) is 7.08. The van der Waals surface area contributed by atoms with Crippen LogP contribution in [0.15, 0.2) is 0 Å². The highest BCUT2D eigenvalue weighted by Gasteiger charge is 2.44. The highest BCUT2D eigenvalue weighted by atomic mass is 16.2. The lowest BCUT2D eigenvalue weighted by atomic mass is 9.95. The minimum atomic E-state index is -0.655. The monoisotopic (exact) mass is 240 g/mol. The van der Waals surface area contributed by atoms with Crippen LogP contribution in [0.3, 0.4) is 0 Å². The van der Waals surface area contributed by atoms with Crippen molar-refractivity contribution in [1.82, 2.24) is 5.32 Å². The average Bonchev–Trinajstić information content (AvgIpc) is 3.08. The van der Waals surface area contributed by atoms with Crippen molar-refractivity contribution in [2.24, 2.45) is 11.7 Å². The van der Waals surface area contributed by atoms with Gasteiger partial charge >= 0.3 is 0 Å². The third-order valence-corrected chi connectivity index (χ3v) is 3.78. The molecule has 3 nitrogen and oxygen atoms in total. The largest absolute Gasteiger partial charge is 0.352 e. The van der Waals surface area contributed by atoms with Crippen LogP contribution in [-0.4, -0.2) is 17.5 Å². The van der Waals surface area contributed by atoms with Gasteiger partial charge in [0.2, 0.25) is 5.91 Å². The molecule has 0 aromatic heterocycles. The number of hydrogen-bond acceptors (Lipinski definition) is 2. The van der Waals surface area contributed by atoms with E-state index in [-0.39, 0.29) is 11.9 Å². The fourth-order valence-electron chi connectivity index (χ4n) is 2.20. The molecule has 2 unspecified atom stereocenters. The number of unbranched alkanes of at least 4 members (excludes halogenated alkanes) is 3. The summed E-state index contributed by atoms with van der Waals surface area (Å²) < 4.78 is 0. The van der Waals surface area contributed by atoms with Crippen molar-refractivity contribution in [2.75, 3.05) is 0 Å². The van der Waals surface area contributed by atoms with E-state index in [1.54, 1.807) is 0 Å². The maximum atomic E-state index is 12.0. The number of hydrogen-bond donors (Lipinski definition) is 2. The van der Waals surface area contributed by atoms with E-state index in [0.29, 0.717) is 5.92 Å². The van der Waals surface area contributed by atoms with E-state index in [0.717, 1.165) is 19.3 Å². The number of nitrogens with one attached hydrogen (secondary N) is 1. The Bertz CT molecular complexity index is 247. The summed E-state index contributed by atoms with van der Waals surface area (Å²) in [4.78, 5) is 12.0. The van der Waals surface area contributed by atoms with Crippen molar-refractivity contribution < 1.29 is 4.79 Å². The molecule has 100 valence electrons. The summed E-state index contributed by atoms with van der Waals surface area (Å²) in [6.45, 7) is 6.15. The van der Waals surface area contributed by atoms with E-state index < -0.39 is 5.54 Å². The Labute approximate surface area is 106 Å². The van der Waals surface area contributed by atoms with Gasteiger partial charge in [-0.05, 0) is 39.0 Å². The molecule has 0 bridgehead atoms. The van der Waals surface area contributed by atoms with E-state index in [1.165, 1.54) is 25.7 Å². The molecule has 3 heteroatoms. The number of amides is 1. The van der Waals surface area contributed by atoms with Gasteiger partial charge in [-0.1, -0.05) is 32.6 Å². The highest BCUT2D eigenvalue weighted by Crippen LogP contribution is 2.38. The second-order valence-corrected chi connectivity index (χ2v) is 5.78. The van der Waals surface area contributed by atoms with Crippen molar-refractivity contribution in [3.8, 4) is 0 Å². The quantitative estimate of drug-likeness (QED) is 0.641. The van der Waals surface area contributed by atoms with Gasteiger partial charge < -0.3 is 11.1 Å². The Kier molecular flexibility index (Phi) is 5.44. The van der Waals surface area contributed by atoms with Crippen molar-refractivity contribution in [3.05, 3.63) is 0 Å². The molecule has 1 fully saturated rings. The van der Waals surface area contributed by atoms with E-state index in [2.05, 4.69) is 19.2 Å². The number of carbonyl (C=O) groups excluding carboxylic acids is 1. The van der Waals surface area contributed by atoms with Crippen LogP contribution in [0.4, 0.5) is 0 Å². The minimum Gasteiger partial charge on any atom is -0.352 e. The second kappa shape index (κ2) is 6.39. The third-order valence-electron chi connectivity index (χ3n) is 3.78. The van der Waals surface area contributed by atoms with Gasteiger partial charge in [0.15, 0.2) is 0 Å². The zero-order chi connectivity index (χ0) is 12.9. The lowest BCUT2D eigenvalue weighted by Gasteiger charge is -2.25. The number of carbonyl (C=O) groups is 1. The highest BCUT2D eigenvalue weighted by molar-refractivity contribution is 5.86. The van der Waals surface area contributed by atoms with Gasteiger partial charge in [-0.3, -0.25) is 4.79 Å². The maximum Gasteiger partial charge on any atom is 0.240 e. The maximum absolute atomic E-state index is 12.0. The molecule has 0 radical (unpaired) electrons. The molecule has 0 aromatic rings.